The minimum atomic E-state index is -0.828. The van der Waals surface area contributed by atoms with Gasteiger partial charge in [0.05, 0.1) is 33.0 Å². The standard InChI is InChI=1S/C16H18FNO5/c1-21-13-4-3-11(17)5-12(13)14(19)18-6-10-7-23-9-16(10,8-18)15(20)22-2/h3-5,10H,6-9H2,1-2H3/t10-,16-/m0/s1. The smallest absolute Gasteiger partial charge is 0.316 e. The highest BCUT2D eigenvalue weighted by atomic mass is 19.1. The van der Waals surface area contributed by atoms with Crippen LogP contribution in [0.2, 0.25) is 0 Å². The summed E-state index contributed by atoms with van der Waals surface area (Å²) in [5.41, 5.74) is -0.682. The first kappa shape index (κ1) is 15.7. The van der Waals surface area contributed by atoms with Gasteiger partial charge in [0.2, 0.25) is 0 Å². The summed E-state index contributed by atoms with van der Waals surface area (Å²) in [5, 5.41) is 0. The second-order valence-corrected chi connectivity index (χ2v) is 5.89. The number of carbonyl (C=O) groups excluding carboxylic acids is 2. The normalized spacial score (nSPS) is 26.0. The zero-order valence-corrected chi connectivity index (χ0v) is 13.0. The van der Waals surface area contributed by atoms with Crippen LogP contribution < -0.4 is 4.74 Å². The number of hydrogen-bond acceptors (Lipinski definition) is 5. The Hall–Kier alpha value is -2.15. The summed E-state index contributed by atoms with van der Waals surface area (Å²) in [5.74, 6) is -1.06. The molecule has 2 aliphatic rings. The number of benzene rings is 1. The molecule has 1 amide bonds. The number of amides is 1. The summed E-state index contributed by atoms with van der Waals surface area (Å²) in [4.78, 5) is 26.5. The molecule has 1 aromatic rings. The molecule has 2 saturated heterocycles. The average molecular weight is 323 g/mol. The van der Waals surface area contributed by atoms with Crippen molar-refractivity contribution in [3.05, 3.63) is 29.6 Å². The number of halogens is 1. The van der Waals surface area contributed by atoms with Gasteiger partial charge in [-0.15, -0.1) is 0 Å². The summed E-state index contributed by atoms with van der Waals surface area (Å²) in [6.45, 7) is 1.20. The Bertz CT molecular complexity index is 649. The highest BCUT2D eigenvalue weighted by Gasteiger charge is 2.57. The van der Waals surface area contributed by atoms with Crippen LogP contribution in [0.4, 0.5) is 4.39 Å². The summed E-state index contributed by atoms with van der Waals surface area (Å²) >= 11 is 0. The first-order chi connectivity index (χ1) is 11.0. The van der Waals surface area contributed by atoms with E-state index in [1.165, 1.54) is 26.4 Å². The molecule has 0 saturated carbocycles. The number of methoxy groups -OCH3 is 2. The van der Waals surface area contributed by atoms with Gasteiger partial charge in [-0.1, -0.05) is 0 Å². The Morgan fingerprint density at radius 1 is 1.39 bits per heavy atom. The average Bonchev–Trinajstić information content (AvgIpc) is 3.11. The van der Waals surface area contributed by atoms with Crippen molar-refractivity contribution in [2.75, 3.05) is 40.5 Å². The maximum absolute atomic E-state index is 13.5. The van der Waals surface area contributed by atoms with Crippen LogP contribution in [0.25, 0.3) is 0 Å². The van der Waals surface area contributed by atoms with Gasteiger partial charge in [-0.3, -0.25) is 9.59 Å². The maximum atomic E-state index is 13.5. The van der Waals surface area contributed by atoms with Crippen molar-refractivity contribution >= 4 is 11.9 Å². The highest BCUT2D eigenvalue weighted by Crippen LogP contribution is 2.43. The minimum absolute atomic E-state index is 0.113. The Kier molecular flexibility index (Phi) is 3.97. The molecule has 0 aliphatic carbocycles. The molecular weight excluding hydrogens is 305 g/mol. The highest BCUT2D eigenvalue weighted by molar-refractivity contribution is 5.97. The van der Waals surface area contributed by atoms with E-state index in [0.717, 1.165) is 6.07 Å². The van der Waals surface area contributed by atoms with Crippen molar-refractivity contribution in [3.8, 4) is 5.75 Å². The van der Waals surface area contributed by atoms with E-state index < -0.39 is 11.2 Å². The van der Waals surface area contributed by atoms with E-state index in [1.807, 2.05) is 0 Å². The molecule has 2 atom stereocenters. The van der Waals surface area contributed by atoms with Crippen LogP contribution in [-0.4, -0.2) is 57.3 Å². The molecule has 0 unspecified atom stereocenters. The van der Waals surface area contributed by atoms with Crippen LogP contribution >= 0.6 is 0 Å². The molecule has 0 bridgehead atoms. The lowest BCUT2D eigenvalue weighted by molar-refractivity contribution is -0.153. The van der Waals surface area contributed by atoms with E-state index in [2.05, 4.69) is 0 Å². The number of likely N-dealkylation sites (tertiary alicyclic amines) is 1. The number of fused-ring (bicyclic) bond motifs is 1. The summed E-state index contributed by atoms with van der Waals surface area (Å²) < 4.78 is 28.9. The number of rotatable bonds is 3. The maximum Gasteiger partial charge on any atom is 0.316 e. The molecule has 7 heteroatoms. The van der Waals surface area contributed by atoms with Gasteiger partial charge in [0.15, 0.2) is 0 Å². The van der Waals surface area contributed by atoms with Crippen LogP contribution in [0.1, 0.15) is 10.4 Å². The molecule has 2 fully saturated rings. The first-order valence-corrected chi connectivity index (χ1v) is 7.31. The fourth-order valence-corrected chi connectivity index (χ4v) is 3.40. The van der Waals surface area contributed by atoms with Crippen molar-refractivity contribution in [1.82, 2.24) is 4.90 Å². The second-order valence-electron chi connectivity index (χ2n) is 5.89. The third-order valence-electron chi connectivity index (χ3n) is 4.64. The number of nitrogens with zero attached hydrogens (tertiary/aromatic N) is 1. The third kappa shape index (κ3) is 2.45. The molecule has 0 N–H and O–H groups in total. The second kappa shape index (κ2) is 5.81. The Morgan fingerprint density at radius 3 is 2.87 bits per heavy atom. The zero-order chi connectivity index (χ0) is 16.6. The number of carbonyl (C=O) groups is 2. The molecule has 3 rings (SSSR count). The van der Waals surface area contributed by atoms with Gasteiger partial charge in [-0.25, -0.2) is 4.39 Å². The van der Waals surface area contributed by atoms with Crippen molar-refractivity contribution in [1.29, 1.82) is 0 Å². The lowest BCUT2D eigenvalue weighted by Crippen LogP contribution is -2.41. The van der Waals surface area contributed by atoms with Gasteiger partial charge in [0, 0.05) is 19.0 Å². The van der Waals surface area contributed by atoms with Gasteiger partial charge in [-0.05, 0) is 18.2 Å². The third-order valence-corrected chi connectivity index (χ3v) is 4.64. The Morgan fingerprint density at radius 2 is 2.17 bits per heavy atom. The topological polar surface area (TPSA) is 65.1 Å². The molecule has 0 radical (unpaired) electrons. The fourth-order valence-electron chi connectivity index (χ4n) is 3.40. The molecule has 1 aromatic carbocycles. The van der Waals surface area contributed by atoms with Crippen LogP contribution in [0.3, 0.4) is 0 Å². The van der Waals surface area contributed by atoms with Crippen LogP contribution in [0.5, 0.6) is 5.75 Å². The van der Waals surface area contributed by atoms with E-state index >= 15 is 0 Å². The molecular formula is C16H18FNO5. The van der Waals surface area contributed by atoms with Crippen LogP contribution in [0.15, 0.2) is 18.2 Å². The van der Waals surface area contributed by atoms with Crippen LogP contribution in [0, 0.1) is 17.2 Å². The Labute approximate surface area is 133 Å². The predicted molar refractivity (Wildman–Crippen MR) is 77.6 cm³/mol. The number of hydrogen-bond donors (Lipinski definition) is 0. The van der Waals surface area contributed by atoms with Crippen molar-refractivity contribution in [3.63, 3.8) is 0 Å². The number of ether oxygens (including phenoxy) is 3. The summed E-state index contributed by atoms with van der Waals surface area (Å²) in [6.07, 6.45) is 0. The van der Waals surface area contributed by atoms with Crippen molar-refractivity contribution in [2.45, 2.75) is 0 Å². The zero-order valence-electron chi connectivity index (χ0n) is 13.0. The van der Waals surface area contributed by atoms with E-state index in [0.29, 0.717) is 18.9 Å². The van der Waals surface area contributed by atoms with E-state index in [1.54, 1.807) is 4.90 Å². The van der Waals surface area contributed by atoms with Gasteiger partial charge < -0.3 is 19.1 Å². The summed E-state index contributed by atoms with van der Waals surface area (Å²) in [6, 6.07) is 3.80. The van der Waals surface area contributed by atoms with Gasteiger partial charge in [-0.2, -0.15) is 0 Å². The minimum Gasteiger partial charge on any atom is -0.496 e. The molecule has 0 aromatic heterocycles. The monoisotopic (exact) mass is 323 g/mol. The molecule has 23 heavy (non-hydrogen) atoms. The summed E-state index contributed by atoms with van der Waals surface area (Å²) in [7, 11) is 2.75. The SMILES string of the molecule is COC(=O)[C@@]12COC[C@@H]1CN(C(=O)c1cc(F)ccc1OC)C2. The molecule has 2 aliphatic heterocycles. The van der Waals surface area contributed by atoms with E-state index in [-0.39, 0.29) is 36.5 Å². The Balaban J connectivity index is 1.88. The fraction of sp³-hybridized carbons (Fsp3) is 0.500. The van der Waals surface area contributed by atoms with Gasteiger partial charge in [0.1, 0.15) is 17.0 Å². The van der Waals surface area contributed by atoms with Crippen LogP contribution in [-0.2, 0) is 14.3 Å². The molecule has 0 spiro atoms. The van der Waals surface area contributed by atoms with Crippen molar-refractivity contribution < 1.29 is 28.2 Å². The molecule has 6 nitrogen and oxygen atoms in total. The lowest BCUT2D eigenvalue weighted by Gasteiger charge is -2.24. The van der Waals surface area contributed by atoms with E-state index in [9.17, 15) is 14.0 Å². The lowest BCUT2D eigenvalue weighted by atomic mass is 9.81. The largest absolute Gasteiger partial charge is 0.496 e. The number of esters is 1. The quantitative estimate of drug-likeness (QED) is 0.779. The van der Waals surface area contributed by atoms with E-state index in [4.69, 9.17) is 14.2 Å². The predicted octanol–water partition coefficient (Wildman–Crippen LogP) is 1.10. The molecule has 2 heterocycles. The van der Waals surface area contributed by atoms with Crippen molar-refractivity contribution in [2.24, 2.45) is 11.3 Å². The van der Waals surface area contributed by atoms with Gasteiger partial charge >= 0.3 is 5.97 Å². The molecule has 124 valence electrons. The van der Waals surface area contributed by atoms with Gasteiger partial charge in [0.25, 0.3) is 5.91 Å². The first-order valence-electron chi connectivity index (χ1n) is 7.31.